The van der Waals surface area contributed by atoms with Gasteiger partial charge in [0.05, 0.1) is 12.8 Å². The van der Waals surface area contributed by atoms with Gasteiger partial charge in [-0.25, -0.2) is 15.0 Å². The van der Waals surface area contributed by atoms with Crippen LogP contribution >= 0.6 is 0 Å². The minimum absolute atomic E-state index is 0.134. The summed E-state index contributed by atoms with van der Waals surface area (Å²) in [5.41, 5.74) is 8.55. The van der Waals surface area contributed by atoms with Gasteiger partial charge in [0.15, 0.2) is 0 Å². The Hall–Kier alpha value is -2.70. The summed E-state index contributed by atoms with van der Waals surface area (Å²) in [5.74, 6) is 1.64. The summed E-state index contributed by atoms with van der Waals surface area (Å²) < 4.78 is 4.78. The van der Waals surface area contributed by atoms with Crippen molar-refractivity contribution in [2.45, 2.75) is 26.2 Å². The molecule has 3 rings (SSSR count). The number of methoxy groups -OCH3 is 1. The van der Waals surface area contributed by atoms with Crippen LogP contribution in [0.2, 0.25) is 0 Å². The molecule has 1 aliphatic heterocycles. The second-order valence-electron chi connectivity index (χ2n) is 6.34. The molecule has 0 aromatic carbocycles. The molecule has 132 valence electrons. The number of nitrogens with zero attached hydrogens (tertiary/aromatic N) is 4. The number of hydrogen-bond donors (Lipinski definition) is 1. The first-order valence-electron chi connectivity index (χ1n) is 8.43. The van der Waals surface area contributed by atoms with E-state index < -0.39 is 0 Å². The Morgan fingerprint density at radius 2 is 2.04 bits per heavy atom. The van der Waals surface area contributed by atoms with Gasteiger partial charge in [0.1, 0.15) is 18.0 Å². The van der Waals surface area contributed by atoms with Crippen molar-refractivity contribution >= 4 is 17.6 Å². The van der Waals surface area contributed by atoms with E-state index >= 15 is 0 Å². The van der Waals surface area contributed by atoms with Gasteiger partial charge in [0.25, 0.3) is 0 Å². The highest BCUT2D eigenvalue weighted by molar-refractivity contribution is 5.77. The van der Waals surface area contributed by atoms with Crippen molar-refractivity contribution in [3.05, 3.63) is 30.4 Å². The van der Waals surface area contributed by atoms with E-state index in [1.807, 2.05) is 13.0 Å². The van der Waals surface area contributed by atoms with E-state index in [1.54, 1.807) is 18.6 Å². The Labute approximate surface area is 147 Å². The fourth-order valence-corrected chi connectivity index (χ4v) is 3.26. The molecule has 2 aromatic heterocycles. The van der Waals surface area contributed by atoms with Crippen LogP contribution in [0.3, 0.4) is 0 Å². The molecule has 0 amide bonds. The minimum atomic E-state index is -0.134. The quantitative estimate of drug-likeness (QED) is 0.852. The maximum Gasteiger partial charge on any atom is 0.305 e. The van der Waals surface area contributed by atoms with Crippen LogP contribution in [-0.2, 0) is 9.53 Å². The number of anilines is 2. The number of piperidine rings is 1. The van der Waals surface area contributed by atoms with Gasteiger partial charge in [-0.1, -0.05) is 0 Å². The summed E-state index contributed by atoms with van der Waals surface area (Å²) in [5, 5.41) is 0. The Bertz CT molecular complexity index is 740. The fraction of sp³-hybridized carbons (Fsp3) is 0.444. The summed E-state index contributed by atoms with van der Waals surface area (Å²) in [6, 6.07) is 3.73. The lowest BCUT2D eigenvalue weighted by Crippen LogP contribution is -2.35. The predicted octanol–water partition coefficient (Wildman–Crippen LogP) is 2.21. The Morgan fingerprint density at radius 1 is 1.28 bits per heavy atom. The zero-order chi connectivity index (χ0) is 17.8. The maximum absolute atomic E-state index is 11.5. The van der Waals surface area contributed by atoms with Crippen molar-refractivity contribution in [2.24, 2.45) is 5.92 Å². The average Bonchev–Trinajstić information content (AvgIpc) is 2.63. The number of nitrogens with two attached hydrogens (primary N) is 1. The molecule has 1 fully saturated rings. The Kier molecular flexibility index (Phi) is 5.11. The van der Waals surface area contributed by atoms with Crippen molar-refractivity contribution in [1.82, 2.24) is 15.0 Å². The molecule has 0 radical (unpaired) electrons. The highest BCUT2D eigenvalue weighted by atomic mass is 16.5. The second kappa shape index (κ2) is 7.46. The minimum Gasteiger partial charge on any atom is -0.469 e. The van der Waals surface area contributed by atoms with E-state index in [0.29, 0.717) is 18.2 Å². The van der Waals surface area contributed by atoms with Crippen molar-refractivity contribution in [3.8, 4) is 11.1 Å². The summed E-state index contributed by atoms with van der Waals surface area (Å²) in [4.78, 5) is 26.8. The monoisotopic (exact) mass is 341 g/mol. The van der Waals surface area contributed by atoms with E-state index in [2.05, 4.69) is 19.9 Å². The molecule has 3 heterocycles. The van der Waals surface area contributed by atoms with E-state index in [1.165, 1.54) is 7.11 Å². The summed E-state index contributed by atoms with van der Waals surface area (Å²) in [7, 11) is 1.44. The third-order valence-electron chi connectivity index (χ3n) is 4.69. The highest BCUT2D eigenvalue weighted by Crippen LogP contribution is 2.33. The van der Waals surface area contributed by atoms with Gasteiger partial charge < -0.3 is 15.4 Å². The third-order valence-corrected chi connectivity index (χ3v) is 4.69. The van der Waals surface area contributed by atoms with Gasteiger partial charge >= 0.3 is 5.97 Å². The average molecular weight is 341 g/mol. The highest BCUT2D eigenvalue weighted by Gasteiger charge is 2.25. The van der Waals surface area contributed by atoms with Gasteiger partial charge in [-0.3, -0.25) is 4.79 Å². The van der Waals surface area contributed by atoms with Crippen molar-refractivity contribution < 1.29 is 9.53 Å². The molecule has 0 saturated carbocycles. The Balaban J connectivity index is 1.81. The molecule has 1 saturated heterocycles. The van der Waals surface area contributed by atoms with Gasteiger partial charge in [-0.05, 0) is 37.8 Å². The Morgan fingerprint density at radius 3 is 2.68 bits per heavy atom. The number of hydrogen-bond acceptors (Lipinski definition) is 7. The largest absolute Gasteiger partial charge is 0.469 e. The lowest BCUT2D eigenvalue weighted by atomic mass is 9.93. The second-order valence-corrected chi connectivity index (χ2v) is 6.34. The summed E-state index contributed by atoms with van der Waals surface area (Å²) in [6.07, 6.45) is 5.73. The molecule has 7 heteroatoms. The van der Waals surface area contributed by atoms with Crippen LogP contribution in [0.1, 0.15) is 25.0 Å². The first-order valence-corrected chi connectivity index (χ1v) is 8.43. The number of carbonyl (C=O) groups excluding carboxylic acids is 1. The van der Waals surface area contributed by atoms with Crippen LogP contribution in [0.15, 0.2) is 24.7 Å². The lowest BCUT2D eigenvalue weighted by Gasteiger charge is -2.33. The van der Waals surface area contributed by atoms with E-state index in [4.69, 9.17) is 10.5 Å². The van der Waals surface area contributed by atoms with Crippen LogP contribution in [-0.4, -0.2) is 41.1 Å². The van der Waals surface area contributed by atoms with Crippen LogP contribution < -0.4 is 10.6 Å². The number of rotatable bonds is 4. The molecule has 2 N–H and O–H groups in total. The van der Waals surface area contributed by atoms with Gasteiger partial charge in [0.2, 0.25) is 0 Å². The molecule has 0 spiro atoms. The zero-order valence-corrected chi connectivity index (χ0v) is 14.6. The molecule has 1 aliphatic rings. The third kappa shape index (κ3) is 3.87. The van der Waals surface area contributed by atoms with Gasteiger partial charge in [-0.2, -0.15) is 0 Å². The molecule has 2 aromatic rings. The normalized spacial score (nSPS) is 15.2. The first-order chi connectivity index (χ1) is 12.1. The molecular formula is C18H23N5O2. The molecule has 7 nitrogen and oxygen atoms in total. The SMILES string of the molecule is COC(=O)CC1CCN(c2ncnc(C)c2-c2ccc(N)nc2)CC1. The van der Waals surface area contributed by atoms with Crippen molar-refractivity contribution in [2.75, 3.05) is 30.8 Å². The van der Waals surface area contributed by atoms with Gasteiger partial charge in [-0.15, -0.1) is 0 Å². The number of nitrogen functional groups attached to an aromatic ring is 1. The number of carbonyl (C=O) groups is 1. The van der Waals surface area contributed by atoms with Gasteiger partial charge in [0, 0.05) is 36.8 Å². The van der Waals surface area contributed by atoms with E-state index in [-0.39, 0.29) is 5.97 Å². The number of pyridine rings is 1. The fourth-order valence-electron chi connectivity index (χ4n) is 3.26. The molecule has 0 atom stereocenters. The molecule has 0 bridgehead atoms. The van der Waals surface area contributed by atoms with Crippen molar-refractivity contribution in [3.63, 3.8) is 0 Å². The number of aromatic nitrogens is 3. The summed E-state index contributed by atoms with van der Waals surface area (Å²) in [6.45, 7) is 3.68. The predicted molar refractivity (Wildman–Crippen MR) is 96.0 cm³/mol. The summed E-state index contributed by atoms with van der Waals surface area (Å²) >= 11 is 0. The van der Waals surface area contributed by atoms with Crippen LogP contribution in [0, 0.1) is 12.8 Å². The number of aryl methyl sites for hydroxylation is 1. The van der Waals surface area contributed by atoms with E-state index in [0.717, 1.165) is 48.6 Å². The lowest BCUT2D eigenvalue weighted by molar-refractivity contribution is -0.141. The van der Waals surface area contributed by atoms with Crippen LogP contribution in [0.4, 0.5) is 11.6 Å². The maximum atomic E-state index is 11.5. The zero-order valence-electron chi connectivity index (χ0n) is 14.6. The molecule has 0 unspecified atom stereocenters. The molecule has 25 heavy (non-hydrogen) atoms. The topological polar surface area (TPSA) is 94.2 Å². The van der Waals surface area contributed by atoms with Crippen LogP contribution in [0.5, 0.6) is 0 Å². The molecular weight excluding hydrogens is 318 g/mol. The standard InChI is InChI=1S/C18H23N5O2/c1-12-17(14-3-4-15(19)20-10-14)18(22-11-21-12)23-7-5-13(6-8-23)9-16(24)25-2/h3-4,10-11,13H,5-9H2,1-2H3,(H2,19,20). The van der Waals surface area contributed by atoms with E-state index in [9.17, 15) is 4.79 Å². The number of esters is 1. The number of ether oxygens (including phenoxy) is 1. The van der Waals surface area contributed by atoms with Crippen LogP contribution in [0.25, 0.3) is 11.1 Å². The van der Waals surface area contributed by atoms with Crippen molar-refractivity contribution in [1.29, 1.82) is 0 Å². The first kappa shape index (κ1) is 17.1. The molecule has 0 aliphatic carbocycles. The smallest absolute Gasteiger partial charge is 0.305 e.